The van der Waals surface area contributed by atoms with Crippen LogP contribution in [0.1, 0.15) is 0 Å². The fourth-order valence-corrected chi connectivity index (χ4v) is 9.12. The van der Waals surface area contributed by atoms with Crippen LogP contribution in [0.15, 0.2) is 121 Å². The quantitative estimate of drug-likeness (QED) is 0.0929. The molecule has 0 N–H and O–H groups in total. The molecule has 4 aromatic rings. The molecule has 0 amide bonds. The summed E-state index contributed by atoms with van der Waals surface area (Å²) in [4.78, 5) is 0. The van der Waals surface area contributed by atoms with Crippen LogP contribution in [0.3, 0.4) is 0 Å². The van der Waals surface area contributed by atoms with Crippen LogP contribution in [-0.2, 0) is 56.1 Å². The summed E-state index contributed by atoms with van der Waals surface area (Å²) in [6, 6.07) is 44.2. The van der Waals surface area contributed by atoms with E-state index in [1.54, 1.807) is 0 Å². The maximum absolute atomic E-state index is 7.50. The van der Waals surface area contributed by atoms with Crippen molar-refractivity contribution in [3.8, 4) is 0 Å². The molecular formula is C34H29MoO3P2Pt. The minimum Gasteiger partial charge on any atom is -0.0622 e. The molecule has 4 aromatic carbocycles. The van der Waals surface area contributed by atoms with Gasteiger partial charge in [-0.15, -0.1) is 0 Å². The van der Waals surface area contributed by atoms with Crippen molar-refractivity contribution in [3.05, 3.63) is 173 Å². The standard InChI is InChI=1S/C26H24P2.C5H5.3CO.Mo.Pt/c1-5-13-23(14-6-1)27(24-15-7-2-8-16-24)21-22-28(25-17-9-3-10-18-25)26-19-11-4-12-20-26;1-2-4-5-3-1;3*1-2;;/h1-20H,21-22H2;1-5H;;;;;. The molecule has 1 fully saturated rings. The molecule has 0 aliphatic heterocycles. The van der Waals surface area contributed by atoms with Crippen molar-refractivity contribution in [2.45, 2.75) is 0 Å². The third kappa shape index (κ3) is 15.9. The second kappa shape index (κ2) is 28.5. The van der Waals surface area contributed by atoms with Crippen molar-refractivity contribution in [1.82, 2.24) is 0 Å². The number of rotatable bonds is 7. The average molecular weight is 839 g/mol. The Bertz CT molecular complexity index is 1000. The Balaban J connectivity index is 0. The van der Waals surface area contributed by atoms with E-state index in [1.807, 2.05) is 32.1 Å². The minimum atomic E-state index is -0.348. The van der Waals surface area contributed by atoms with E-state index in [2.05, 4.69) is 141 Å². The van der Waals surface area contributed by atoms with Crippen molar-refractivity contribution in [3.63, 3.8) is 0 Å². The fourth-order valence-electron chi connectivity index (χ4n) is 3.77. The molecule has 5 rings (SSSR count). The molecule has 3 nitrogen and oxygen atoms in total. The van der Waals surface area contributed by atoms with Crippen LogP contribution in [0.4, 0.5) is 0 Å². The van der Waals surface area contributed by atoms with Crippen molar-refractivity contribution in [2.75, 3.05) is 12.3 Å². The SMILES string of the molecule is [C-]#[O+].[C-]#[O+].[C-]#[O+].[CH]1[CH][CH][CH][CH]1.[Mo].[Pt].c1ccc(P(CCP(c2ccccc2)c2ccccc2)c2ccccc2)cc1. The van der Waals surface area contributed by atoms with Gasteiger partial charge in [-0.1, -0.05) is 121 Å². The molecule has 1 aliphatic carbocycles. The van der Waals surface area contributed by atoms with Gasteiger partial charge in [-0.2, -0.15) is 0 Å². The Morgan fingerprint density at radius 2 is 0.537 bits per heavy atom. The van der Waals surface area contributed by atoms with Crippen LogP contribution < -0.4 is 21.2 Å². The van der Waals surface area contributed by atoms with E-state index in [4.69, 9.17) is 14.0 Å². The van der Waals surface area contributed by atoms with Gasteiger partial charge in [-0.05, 0) is 81.5 Å². The van der Waals surface area contributed by atoms with Gasteiger partial charge in [0.2, 0.25) is 0 Å². The van der Waals surface area contributed by atoms with Crippen LogP contribution in [0.2, 0.25) is 0 Å². The van der Waals surface area contributed by atoms with Crippen LogP contribution in [0, 0.1) is 52.1 Å². The zero-order chi connectivity index (χ0) is 28.6. The van der Waals surface area contributed by atoms with E-state index in [0.717, 1.165) is 0 Å². The van der Waals surface area contributed by atoms with E-state index >= 15 is 0 Å². The van der Waals surface area contributed by atoms with E-state index in [9.17, 15) is 0 Å². The molecule has 41 heavy (non-hydrogen) atoms. The maximum atomic E-state index is 7.50. The Labute approximate surface area is 277 Å². The van der Waals surface area contributed by atoms with E-state index in [1.165, 1.54) is 33.5 Å². The topological polar surface area (TPSA) is 59.7 Å². The van der Waals surface area contributed by atoms with Gasteiger partial charge in [0.05, 0.1) is 0 Å². The van der Waals surface area contributed by atoms with E-state index in [0.29, 0.717) is 0 Å². The molecule has 0 aromatic heterocycles. The fraction of sp³-hybridized carbons (Fsp3) is 0.0588. The molecular weight excluding hydrogens is 809 g/mol. The zero-order valence-corrected chi connectivity index (χ0v) is 28.3. The second-order valence-electron chi connectivity index (χ2n) is 7.61. The van der Waals surface area contributed by atoms with Crippen molar-refractivity contribution in [2.24, 2.45) is 0 Å². The number of hydrogen-bond acceptors (Lipinski definition) is 0. The van der Waals surface area contributed by atoms with Crippen molar-refractivity contribution < 1.29 is 56.1 Å². The van der Waals surface area contributed by atoms with Crippen molar-refractivity contribution in [1.29, 1.82) is 0 Å². The smallest absolute Gasteiger partial charge is 0 e. The van der Waals surface area contributed by atoms with Crippen molar-refractivity contribution >= 4 is 37.1 Å². The predicted molar refractivity (Wildman–Crippen MR) is 161 cm³/mol. The summed E-state index contributed by atoms with van der Waals surface area (Å²) < 4.78 is 22.5. The molecule has 5 radical (unpaired) electrons. The molecule has 0 saturated heterocycles. The van der Waals surface area contributed by atoms with Crippen LogP contribution in [0.5, 0.6) is 0 Å². The molecule has 0 unspecified atom stereocenters. The maximum Gasteiger partial charge on any atom is 0 e. The molecule has 0 heterocycles. The van der Waals surface area contributed by atoms with Gasteiger partial charge < -0.3 is 0 Å². The van der Waals surface area contributed by atoms with Gasteiger partial charge in [0.25, 0.3) is 0 Å². The van der Waals surface area contributed by atoms with Crippen LogP contribution in [0.25, 0.3) is 0 Å². The molecule has 209 valence electrons. The molecule has 0 spiro atoms. The van der Waals surface area contributed by atoms with Gasteiger partial charge in [-0.3, -0.25) is 0 Å². The Hall–Kier alpha value is -1.66. The first-order valence-corrected chi connectivity index (χ1v) is 15.0. The predicted octanol–water partition coefficient (Wildman–Crippen LogP) is 6.16. The zero-order valence-electron chi connectivity index (χ0n) is 22.2. The normalized spacial score (nSPS) is 10.6. The Morgan fingerprint density at radius 1 is 0.366 bits per heavy atom. The van der Waals surface area contributed by atoms with E-state index in [-0.39, 0.29) is 58.0 Å². The number of benzene rings is 4. The summed E-state index contributed by atoms with van der Waals surface area (Å²) in [6.07, 6.45) is 12.4. The molecule has 1 aliphatic rings. The van der Waals surface area contributed by atoms with Gasteiger partial charge >= 0.3 is 33.9 Å². The van der Waals surface area contributed by atoms with Gasteiger partial charge in [-0.25, -0.2) is 0 Å². The number of hydrogen-bond donors (Lipinski definition) is 0. The minimum absolute atomic E-state index is 0. The molecule has 7 heteroatoms. The summed E-state index contributed by atoms with van der Waals surface area (Å²) in [5.74, 6) is 0. The summed E-state index contributed by atoms with van der Waals surface area (Å²) in [7, 11) is -0.696. The largest absolute Gasteiger partial charge is 0.0622 e. The second-order valence-corrected chi connectivity index (χ2v) is 12.3. The average Bonchev–Trinajstić information content (AvgIpc) is 3.65. The third-order valence-electron chi connectivity index (χ3n) is 5.37. The molecule has 1 saturated carbocycles. The summed E-state index contributed by atoms with van der Waals surface area (Å²) in [5, 5.41) is 5.89. The molecule has 0 atom stereocenters. The Kier molecular flexibility index (Phi) is 28.8. The molecule has 0 bridgehead atoms. The Morgan fingerprint density at radius 3 is 0.707 bits per heavy atom. The third-order valence-corrected chi connectivity index (χ3v) is 10.8. The first-order chi connectivity index (χ1) is 19.4. The summed E-state index contributed by atoms with van der Waals surface area (Å²) in [6.45, 7) is 13.5. The monoisotopic (exact) mass is 840 g/mol. The van der Waals surface area contributed by atoms with Crippen LogP contribution >= 0.6 is 15.8 Å². The van der Waals surface area contributed by atoms with Gasteiger partial charge in [0.15, 0.2) is 0 Å². The van der Waals surface area contributed by atoms with Gasteiger partial charge in [0, 0.05) is 42.1 Å². The van der Waals surface area contributed by atoms with Crippen LogP contribution in [-0.4, -0.2) is 12.3 Å². The summed E-state index contributed by atoms with van der Waals surface area (Å²) in [5.41, 5.74) is 0. The van der Waals surface area contributed by atoms with Gasteiger partial charge in [0.1, 0.15) is 0 Å². The first-order valence-electron chi connectivity index (χ1n) is 11.9. The first kappa shape index (κ1) is 41.5. The van der Waals surface area contributed by atoms with E-state index < -0.39 is 0 Å². The summed E-state index contributed by atoms with van der Waals surface area (Å²) >= 11 is 0.